The number of pyridine rings is 1. The second-order valence-electron chi connectivity index (χ2n) is 4.09. The van der Waals surface area contributed by atoms with Crippen LogP contribution in [-0.4, -0.2) is 30.5 Å². The van der Waals surface area contributed by atoms with Gasteiger partial charge in [0.2, 0.25) is 0 Å². The molecule has 21 heavy (non-hydrogen) atoms. The molecule has 0 unspecified atom stereocenters. The first-order chi connectivity index (χ1) is 10.1. The molecule has 0 N–H and O–H groups in total. The van der Waals surface area contributed by atoms with E-state index in [4.69, 9.17) is 9.47 Å². The smallest absolute Gasteiger partial charge is 0.357 e. The average molecular weight is 350 g/mol. The van der Waals surface area contributed by atoms with Crippen LogP contribution in [0.4, 0.5) is 0 Å². The Hall–Kier alpha value is -2.21. The molecule has 0 fully saturated rings. The molecule has 6 heteroatoms. The number of nitrogens with zero attached hydrogens (tertiary/aromatic N) is 1. The molecule has 1 heterocycles. The van der Waals surface area contributed by atoms with Crippen molar-refractivity contribution in [2.75, 3.05) is 13.7 Å². The van der Waals surface area contributed by atoms with Crippen LogP contribution in [0.3, 0.4) is 0 Å². The number of halogens is 1. The molecule has 1 aromatic heterocycles. The number of carbonyl (C=O) groups excluding carboxylic acids is 2. The third kappa shape index (κ3) is 4.13. The number of ketones is 1. The topological polar surface area (TPSA) is 65.5 Å². The van der Waals surface area contributed by atoms with Gasteiger partial charge in [0.15, 0.2) is 12.4 Å². The summed E-state index contributed by atoms with van der Waals surface area (Å²) in [6.07, 6.45) is 1.49. The van der Waals surface area contributed by atoms with Crippen molar-refractivity contribution in [3.05, 3.63) is 58.3 Å². The third-order valence-electron chi connectivity index (χ3n) is 2.66. The van der Waals surface area contributed by atoms with Gasteiger partial charge in [0.25, 0.3) is 0 Å². The second-order valence-corrected chi connectivity index (χ2v) is 5.01. The SMILES string of the molecule is COc1cccc(C(=O)COC(=O)c2ccc(Br)cn2)c1. The zero-order valence-electron chi connectivity index (χ0n) is 11.2. The molecule has 0 atom stereocenters. The van der Waals surface area contributed by atoms with E-state index in [1.54, 1.807) is 30.3 Å². The minimum atomic E-state index is -0.640. The van der Waals surface area contributed by atoms with Crippen LogP contribution < -0.4 is 4.74 Å². The Morgan fingerprint density at radius 3 is 2.71 bits per heavy atom. The van der Waals surface area contributed by atoms with Gasteiger partial charge in [0.05, 0.1) is 7.11 Å². The third-order valence-corrected chi connectivity index (χ3v) is 3.13. The number of Topliss-reactive ketones (excluding diaryl/α,β-unsaturated/α-hetero) is 1. The Bertz CT molecular complexity index is 655. The van der Waals surface area contributed by atoms with Gasteiger partial charge in [-0.1, -0.05) is 12.1 Å². The highest BCUT2D eigenvalue weighted by molar-refractivity contribution is 9.10. The van der Waals surface area contributed by atoms with E-state index in [0.717, 1.165) is 4.47 Å². The fraction of sp³-hybridized carbons (Fsp3) is 0.133. The lowest BCUT2D eigenvalue weighted by Gasteiger charge is -2.05. The van der Waals surface area contributed by atoms with Crippen LogP contribution in [-0.2, 0) is 4.74 Å². The maximum atomic E-state index is 11.9. The Morgan fingerprint density at radius 2 is 2.05 bits per heavy atom. The highest BCUT2D eigenvalue weighted by Gasteiger charge is 2.13. The van der Waals surface area contributed by atoms with E-state index in [0.29, 0.717) is 11.3 Å². The number of benzene rings is 1. The maximum Gasteiger partial charge on any atom is 0.357 e. The van der Waals surface area contributed by atoms with Gasteiger partial charge in [0.1, 0.15) is 11.4 Å². The van der Waals surface area contributed by atoms with Crippen LogP contribution >= 0.6 is 15.9 Å². The Labute approximate surface area is 130 Å². The minimum Gasteiger partial charge on any atom is -0.497 e. The number of ether oxygens (including phenoxy) is 2. The zero-order chi connectivity index (χ0) is 15.2. The van der Waals surface area contributed by atoms with Crippen molar-refractivity contribution >= 4 is 27.7 Å². The molecule has 0 aliphatic rings. The molecule has 2 rings (SSSR count). The molecular formula is C15H12BrNO4. The van der Waals surface area contributed by atoms with Crippen LogP contribution in [0.25, 0.3) is 0 Å². The molecule has 0 saturated carbocycles. The molecule has 0 aliphatic carbocycles. The van der Waals surface area contributed by atoms with E-state index in [1.165, 1.54) is 19.4 Å². The van der Waals surface area contributed by atoms with Gasteiger partial charge < -0.3 is 9.47 Å². The molecule has 2 aromatic rings. The quantitative estimate of drug-likeness (QED) is 0.613. The first-order valence-corrected chi connectivity index (χ1v) is 6.85. The number of aromatic nitrogens is 1. The summed E-state index contributed by atoms with van der Waals surface area (Å²) in [5.74, 6) is -0.375. The second kappa shape index (κ2) is 6.99. The first-order valence-electron chi connectivity index (χ1n) is 6.06. The van der Waals surface area contributed by atoms with E-state index in [9.17, 15) is 9.59 Å². The predicted molar refractivity (Wildman–Crippen MR) is 79.5 cm³/mol. The van der Waals surface area contributed by atoms with E-state index in [1.807, 2.05) is 0 Å². The van der Waals surface area contributed by atoms with Crippen LogP contribution in [0, 0.1) is 0 Å². The van der Waals surface area contributed by atoms with Crippen molar-refractivity contribution in [3.8, 4) is 5.75 Å². The van der Waals surface area contributed by atoms with Crippen molar-refractivity contribution in [2.45, 2.75) is 0 Å². The van der Waals surface area contributed by atoms with Crippen LogP contribution in [0.2, 0.25) is 0 Å². The largest absolute Gasteiger partial charge is 0.497 e. The van der Waals surface area contributed by atoms with Crippen LogP contribution in [0.1, 0.15) is 20.8 Å². The zero-order valence-corrected chi connectivity index (χ0v) is 12.8. The number of methoxy groups -OCH3 is 1. The summed E-state index contributed by atoms with van der Waals surface area (Å²) < 4.78 is 10.7. The number of hydrogen-bond donors (Lipinski definition) is 0. The molecule has 0 spiro atoms. The van der Waals surface area contributed by atoms with E-state index in [-0.39, 0.29) is 18.1 Å². The van der Waals surface area contributed by atoms with Gasteiger partial charge in [-0.05, 0) is 40.2 Å². The average Bonchev–Trinajstić information content (AvgIpc) is 2.53. The molecule has 0 amide bonds. The number of esters is 1. The molecule has 5 nitrogen and oxygen atoms in total. The molecule has 0 radical (unpaired) electrons. The summed E-state index contributed by atoms with van der Waals surface area (Å²) in [7, 11) is 1.52. The summed E-state index contributed by atoms with van der Waals surface area (Å²) in [5.41, 5.74) is 0.572. The lowest BCUT2D eigenvalue weighted by molar-refractivity contribution is 0.0469. The maximum absolute atomic E-state index is 11.9. The summed E-state index contributed by atoms with van der Waals surface area (Å²) >= 11 is 3.22. The Morgan fingerprint density at radius 1 is 1.24 bits per heavy atom. The summed E-state index contributed by atoms with van der Waals surface area (Å²) in [5, 5.41) is 0. The van der Waals surface area contributed by atoms with E-state index >= 15 is 0 Å². The fourth-order valence-electron chi connectivity index (χ4n) is 1.58. The molecule has 108 valence electrons. The monoisotopic (exact) mass is 349 g/mol. The standard InChI is InChI=1S/C15H12BrNO4/c1-20-12-4-2-3-10(7-12)14(18)9-21-15(19)13-6-5-11(16)8-17-13/h2-8H,9H2,1H3. The van der Waals surface area contributed by atoms with Gasteiger partial charge in [-0.15, -0.1) is 0 Å². The summed E-state index contributed by atoms with van der Waals surface area (Å²) in [6, 6.07) is 9.85. The molecule has 0 aliphatic heterocycles. The van der Waals surface area contributed by atoms with Crippen molar-refractivity contribution in [1.29, 1.82) is 0 Å². The predicted octanol–water partition coefficient (Wildman–Crippen LogP) is 2.89. The van der Waals surface area contributed by atoms with Crippen molar-refractivity contribution < 1.29 is 19.1 Å². The Balaban J connectivity index is 1.97. The van der Waals surface area contributed by atoms with Crippen molar-refractivity contribution in [2.24, 2.45) is 0 Å². The summed E-state index contributed by atoms with van der Waals surface area (Å²) in [4.78, 5) is 27.6. The summed E-state index contributed by atoms with van der Waals surface area (Å²) in [6.45, 7) is -0.344. The van der Waals surface area contributed by atoms with Gasteiger partial charge in [-0.2, -0.15) is 0 Å². The molecule has 0 saturated heterocycles. The fourth-order valence-corrected chi connectivity index (χ4v) is 1.82. The number of hydrogen-bond acceptors (Lipinski definition) is 5. The number of carbonyl (C=O) groups is 2. The molecule has 0 bridgehead atoms. The Kier molecular flexibility index (Phi) is 5.05. The highest BCUT2D eigenvalue weighted by atomic mass is 79.9. The van der Waals surface area contributed by atoms with Gasteiger partial charge in [-0.25, -0.2) is 9.78 Å². The van der Waals surface area contributed by atoms with E-state index in [2.05, 4.69) is 20.9 Å². The van der Waals surface area contributed by atoms with E-state index < -0.39 is 5.97 Å². The van der Waals surface area contributed by atoms with Gasteiger partial charge in [0, 0.05) is 16.2 Å². The van der Waals surface area contributed by atoms with Crippen molar-refractivity contribution in [1.82, 2.24) is 4.98 Å². The molecule has 1 aromatic carbocycles. The number of rotatable bonds is 5. The van der Waals surface area contributed by atoms with Crippen molar-refractivity contribution in [3.63, 3.8) is 0 Å². The van der Waals surface area contributed by atoms with Gasteiger partial charge >= 0.3 is 5.97 Å². The van der Waals surface area contributed by atoms with Gasteiger partial charge in [-0.3, -0.25) is 4.79 Å². The first kappa shape index (κ1) is 15.2. The highest BCUT2D eigenvalue weighted by Crippen LogP contribution is 2.13. The van der Waals surface area contributed by atoms with Crippen LogP contribution in [0.15, 0.2) is 47.1 Å². The van der Waals surface area contributed by atoms with Crippen LogP contribution in [0.5, 0.6) is 5.75 Å². The lowest BCUT2D eigenvalue weighted by atomic mass is 10.1. The normalized spacial score (nSPS) is 10.0. The molecular weight excluding hydrogens is 338 g/mol. The lowest BCUT2D eigenvalue weighted by Crippen LogP contribution is -2.15. The minimum absolute atomic E-state index is 0.150.